The van der Waals surface area contributed by atoms with Crippen molar-refractivity contribution < 1.29 is 13.2 Å². The number of rotatable bonds is 12. The van der Waals surface area contributed by atoms with Gasteiger partial charge in [-0.2, -0.15) is 0 Å². The first-order valence-corrected chi connectivity index (χ1v) is 10.6. The molecule has 0 radical (unpaired) electrons. The molecule has 1 aliphatic carbocycles. The Morgan fingerprint density at radius 2 is 1.92 bits per heavy atom. The molecule has 0 aliphatic heterocycles. The molecular weight excluding hydrogens is 455 g/mol. The summed E-state index contributed by atoms with van der Waals surface area (Å²) >= 11 is 0. The van der Waals surface area contributed by atoms with E-state index in [-0.39, 0.29) is 29.7 Å². The number of aliphatic imine (C=N–C) groups is 1. The second kappa shape index (κ2) is 14.0. The largest absolute Gasteiger partial charge is 0.381 e. The third-order valence-electron chi connectivity index (χ3n) is 3.91. The average molecular weight is 490 g/mol. The molecule has 1 fully saturated rings. The quantitative estimate of drug-likeness (QED) is 0.167. The van der Waals surface area contributed by atoms with Crippen LogP contribution in [0.1, 0.15) is 39.5 Å². The lowest BCUT2D eigenvalue weighted by Crippen LogP contribution is -2.42. The number of halogens is 1. The zero-order valence-electron chi connectivity index (χ0n) is 15.7. The Balaban J connectivity index is 0.00000576. The number of guanidine groups is 1. The topological polar surface area (TPSA) is 91.8 Å². The third-order valence-corrected chi connectivity index (χ3v) is 5.26. The van der Waals surface area contributed by atoms with Crippen molar-refractivity contribution in [2.75, 3.05) is 45.6 Å². The summed E-state index contributed by atoms with van der Waals surface area (Å²) in [7, 11) is -1.54. The van der Waals surface area contributed by atoms with E-state index in [4.69, 9.17) is 4.74 Å². The number of hydrogen-bond donors (Lipinski definition) is 3. The Morgan fingerprint density at radius 1 is 1.24 bits per heavy atom. The van der Waals surface area contributed by atoms with Crippen LogP contribution in [0.25, 0.3) is 0 Å². The van der Waals surface area contributed by atoms with E-state index in [1.54, 1.807) is 7.05 Å². The number of ether oxygens (including phenoxy) is 1. The number of hydrogen-bond acceptors (Lipinski definition) is 4. The fraction of sp³-hybridized carbons (Fsp3) is 0.938. The van der Waals surface area contributed by atoms with Gasteiger partial charge >= 0.3 is 0 Å². The van der Waals surface area contributed by atoms with Gasteiger partial charge in [0.05, 0.1) is 5.75 Å². The molecule has 0 bridgehead atoms. The summed E-state index contributed by atoms with van der Waals surface area (Å²) in [5.41, 5.74) is 0. The molecule has 9 heteroatoms. The van der Waals surface area contributed by atoms with Gasteiger partial charge in [-0.25, -0.2) is 13.1 Å². The molecule has 1 rings (SSSR count). The molecule has 7 nitrogen and oxygen atoms in total. The smallest absolute Gasteiger partial charge is 0.213 e. The summed E-state index contributed by atoms with van der Waals surface area (Å²) in [6.07, 6.45) is 4.38. The molecule has 1 aliphatic rings. The molecule has 150 valence electrons. The van der Waals surface area contributed by atoms with Crippen LogP contribution in [0.4, 0.5) is 0 Å². The van der Waals surface area contributed by atoms with Gasteiger partial charge in [-0.05, 0) is 31.1 Å². The molecule has 0 spiro atoms. The Labute approximate surface area is 170 Å². The van der Waals surface area contributed by atoms with E-state index in [2.05, 4.69) is 34.2 Å². The van der Waals surface area contributed by atoms with E-state index < -0.39 is 10.0 Å². The van der Waals surface area contributed by atoms with Crippen LogP contribution in [-0.4, -0.2) is 60.0 Å². The van der Waals surface area contributed by atoms with Crippen molar-refractivity contribution in [3.8, 4) is 0 Å². The lowest BCUT2D eigenvalue weighted by atomic mass is 9.86. The summed E-state index contributed by atoms with van der Waals surface area (Å²) in [5, 5.41) is 6.19. The Bertz CT molecular complexity index is 468. The van der Waals surface area contributed by atoms with Crippen molar-refractivity contribution in [2.45, 2.75) is 39.5 Å². The van der Waals surface area contributed by atoms with Gasteiger partial charge in [0.1, 0.15) is 0 Å². The first-order chi connectivity index (χ1) is 11.4. The van der Waals surface area contributed by atoms with Crippen LogP contribution in [0.15, 0.2) is 4.99 Å². The normalized spacial score (nSPS) is 15.6. The van der Waals surface area contributed by atoms with Gasteiger partial charge in [0.25, 0.3) is 0 Å². The van der Waals surface area contributed by atoms with E-state index in [0.717, 1.165) is 32.4 Å². The van der Waals surface area contributed by atoms with Crippen LogP contribution in [0.3, 0.4) is 0 Å². The van der Waals surface area contributed by atoms with Gasteiger partial charge < -0.3 is 15.4 Å². The number of nitrogens with zero attached hydrogens (tertiary/aromatic N) is 1. The van der Waals surface area contributed by atoms with Gasteiger partial charge in [-0.3, -0.25) is 4.99 Å². The SMILES string of the molecule is CN=C(NCCCOCC(C)C)NCCS(=O)(=O)NCC1CCC1.I. The third kappa shape index (κ3) is 12.8. The maximum Gasteiger partial charge on any atom is 0.213 e. The standard InChI is InChI=1S/C16H34N4O3S.HI/c1-14(2)13-23-10-5-8-18-16(17-3)19-9-11-24(21,22)20-12-15-6-4-7-15;/h14-15,20H,4-13H2,1-3H3,(H2,17,18,19);1H. The Morgan fingerprint density at radius 3 is 2.48 bits per heavy atom. The lowest BCUT2D eigenvalue weighted by molar-refractivity contribution is 0.108. The molecule has 0 aromatic rings. The maximum absolute atomic E-state index is 11.9. The molecule has 0 amide bonds. The van der Waals surface area contributed by atoms with Gasteiger partial charge in [0.2, 0.25) is 10.0 Å². The van der Waals surface area contributed by atoms with E-state index >= 15 is 0 Å². The second-order valence-corrected chi connectivity index (χ2v) is 8.64. The molecule has 25 heavy (non-hydrogen) atoms. The zero-order chi connectivity index (χ0) is 17.8. The highest BCUT2D eigenvalue weighted by Crippen LogP contribution is 2.25. The first-order valence-electron chi connectivity index (χ1n) is 8.92. The van der Waals surface area contributed by atoms with Crippen molar-refractivity contribution in [1.29, 1.82) is 0 Å². The summed E-state index contributed by atoms with van der Waals surface area (Å²) in [6, 6.07) is 0. The fourth-order valence-corrected chi connectivity index (χ4v) is 3.24. The Kier molecular flexibility index (Phi) is 13.9. The molecule has 0 atom stereocenters. The molecule has 0 heterocycles. The monoisotopic (exact) mass is 490 g/mol. The predicted octanol–water partition coefficient (Wildman–Crippen LogP) is 1.55. The predicted molar refractivity (Wildman–Crippen MR) is 114 cm³/mol. The molecular formula is C16H35IN4O3S. The van der Waals surface area contributed by atoms with E-state index in [1.165, 1.54) is 6.42 Å². The maximum atomic E-state index is 11.9. The van der Waals surface area contributed by atoms with E-state index in [0.29, 0.717) is 37.5 Å². The molecule has 3 N–H and O–H groups in total. The van der Waals surface area contributed by atoms with Crippen molar-refractivity contribution in [2.24, 2.45) is 16.8 Å². The summed E-state index contributed by atoms with van der Waals surface area (Å²) in [4.78, 5) is 4.09. The highest BCUT2D eigenvalue weighted by Gasteiger charge is 2.19. The van der Waals surface area contributed by atoms with Crippen LogP contribution >= 0.6 is 24.0 Å². The van der Waals surface area contributed by atoms with Gasteiger partial charge in [0.15, 0.2) is 5.96 Å². The molecule has 0 aromatic carbocycles. The van der Waals surface area contributed by atoms with Crippen LogP contribution in [0, 0.1) is 11.8 Å². The van der Waals surface area contributed by atoms with Crippen molar-refractivity contribution >= 4 is 40.0 Å². The second-order valence-electron chi connectivity index (χ2n) is 6.71. The van der Waals surface area contributed by atoms with E-state index in [9.17, 15) is 8.42 Å². The van der Waals surface area contributed by atoms with Crippen LogP contribution < -0.4 is 15.4 Å². The van der Waals surface area contributed by atoms with Crippen molar-refractivity contribution in [1.82, 2.24) is 15.4 Å². The molecule has 0 aromatic heterocycles. The average Bonchev–Trinajstić information content (AvgIpc) is 2.46. The van der Waals surface area contributed by atoms with Crippen LogP contribution in [0.5, 0.6) is 0 Å². The zero-order valence-corrected chi connectivity index (χ0v) is 18.9. The summed E-state index contributed by atoms with van der Waals surface area (Å²) < 4.78 is 32.0. The molecule has 1 saturated carbocycles. The van der Waals surface area contributed by atoms with Crippen LogP contribution in [-0.2, 0) is 14.8 Å². The van der Waals surface area contributed by atoms with E-state index in [1.807, 2.05) is 0 Å². The fourth-order valence-electron chi connectivity index (χ4n) is 2.24. The van der Waals surface area contributed by atoms with Gasteiger partial charge in [-0.1, -0.05) is 20.3 Å². The van der Waals surface area contributed by atoms with Crippen molar-refractivity contribution in [3.63, 3.8) is 0 Å². The van der Waals surface area contributed by atoms with Gasteiger partial charge in [0, 0.05) is 39.9 Å². The molecule has 0 unspecified atom stereocenters. The molecule has 0 saturated heterocycles. The summed E-state index contributed by atoms with van der Waals surface area (Å²) in [6.45, 7) is 7.39. The summed E-state index contributed by atoms with van der Waals surface area (Å²) in [5.74, 6) is 1.75. The van der Waals surface area contributed by atoms with Crippen LogP contribution in [0.2, 0.25) is 0 Å². The highest BCUT2D eigenvalue weighted by molar-refractivity contribution is 14.0. The van der Waals surface area contributed by atoms with Crippen molar-refractivity contribution in [3.05, 3.63) is 0 Å². The minimum Gasteiger partial charge on any atom is -0.381 e. The first kappa shape index (κ1) is 24.9. The lowest BCUT2D eigenvalue weighted by Gasteiger charge is -2.25. The minimum atomic E-state index is -3.21. The van der Waals surface area contributed by atoms with Gasteiger partial charge in [-0.15, -0.1) is 24.0 Å². The number of nitrogens with one attached hydrogen (secondary N) is 3. The highest BCUT2D eigenvalue weighted by atomic mass is 127. The minimum absolute atomic E-state index is 0. The Hall–Kier alpha value is -0.130. The number of sulfonamides is 1.